The Labute approximate surface area is 93.2 Å². The van der Waals surface area contributed by atoms with Crippen LogP contribution in [-0.2, 0) is 4.79 Å². The molecule has 88 valence electrons. The van der Waals surface area contributed by atoms with Crippen LogP contribution in [0.2, 0.25) is 0 Å². The Morgan fingerprint density at radius 3 is 2.47 bits per heavy atom. The van der Waals surface area contributed by atoms with Crippen molar-refractivity contribution in [2.24, 2.45) is 5.92 Å². The molecule has 1 aliphatic rings. The number of hydrogen-bond donors (Lipinski definition) is 1. The van der Waals surface area contributed by atoms with E-state index in [2.05, 4.69) is 19.2 Å². The van der Waals surface area contributed by atoms with Gasteiger partial charge in [-0.25, -0.2) is 0 Å². The lowest BCUT2D eigenvalue weighted by Gasteiger charge is -2.31. The molecular weight excluding hydrogens is 188 g/mol. The lowest BCUT2D eigenvalue weighted by molar-refractivity contribution is -0.136. The molecule has 1 atom stereocenters. The number of rotatable bonds is 4. The summed E-state index contributed by atoms with van der Waals surface area (Å²) in [5.74, 6) is 0.382. The summed E-state index contributed by atoms with van der Waals surface area (Å²) in [6, 6.07) is 0.817. The Balaban J connectivity index is 2.53. The van der Waals surface area contributed by atoms with Crippen molar-refractivity contribution in [3.63, 3.8) is 0 Å². The second-order valence-electron chi connectivity index (χ2n) is 5.03. The fourth-order valence-electron chi connectivity index (χ4n) is 2.04. The van der Waals surface area contributed by atoms with Gasteiger partial charge in [0.1, 0.15) is 0 Å². The van der Waals surface area contributed by atoms with Crippen LogP contribution >= 0.6 is 0 Å². The molecule has 1 heterocycles. The first-order valence-corrected chi connectivity index (χ1v) is 6.06. The predicted molar refractivity (Wildman–Crippen MR) is 62.7 cm³/mol. The fourth-order valence-corrected chi connectivity index (χ4v) is 2.04. The van der Waals surface area contributed by atoms with Crippen LogP contribution in [0.4, 0.5) is 0 Å². The molecule has 0 aromatic carbocycles. The summed E-state index contributed by atoms with van der Waals surface area (Å²) >= 11 is 0. The van der Waals surface area contributed by atoms with Gasteiger partial charge in [0.2, 0.25) is 5.91 Å². The SMILES string of the molecule is CC(C)C(=O)N(CC1CCCN1)C(C)C. The highest BCUT2D eigenvalue weighted by molar-refractivity contribution is 5.78. The molecule has 0 aromatic heterocycles. The summed E-state index contributed by atoms with van der Waals surface area (Å²) in [5, 5.41) is 3.44. The largest absolute Gasteiger partial charge is 0.338 e. The Bertz CT molecular complexity index is 208. The average molecular weight is 212 g/mol. The van der Waals surface area contributed by atoms with E-state index in [0.29, 0.717) is 12.1 Å². The molecule has 15 heavy (non-hydrogen) atoms. The molecule has 3 nitrogen and oxygen atoms in total. The molecule has 1 N–H and O–H groups in total. The molecule has 3 heteroatoms. The summed E-state index contributed by atoms with van der Waals surface area (Å²) in [6.45, 7) is 10.1. The maximum absolute atomic E-state index is 12.0. The van der Waals surface area contributed by atoms with Gasteiger partial charge in [-0.05, 0) is 33.2 Å². The number of amides is 1. The highest BCUT2D eigenvalue weighted by Crippen LogP contribution is 2.12. The minimum absolute atomic E-state index is 0.105. The van der Waals surface area contributed by atoms with Crippen molar-refractivity contribution in [3.05, 3.63) is 0 Å². The van der Waals surface area contributed by atoms with Gasteiger partial charge >= 0.3 is 0 Å². The molecule has 1 saturated heterocycles. The van der Waals surface area contributed by atoms with Crippen molar-refractivity contribution >= 4 is 5.91 Å². The molecule has 1 fully saturated rings. The first-order valence-electron chi connectivity index (χ1n) is 6.06. The van der Waals surface area contributed by atoms with Crippen LogP contribution in [0.15, 0.2) is 0 Å². The van der Waals surface area contributed by atoms with Gasteiger partial charge in [-0.15, -0.1) is 0 Å². The highest BCUT2D eigenvalue weighted by atomic mass is 16.2. The van der Waals surface area contributed by atoms with E-state index < -0.39 is 0 Å². The van der Waals surface area contributed by atoms with Crippen LogP contribution in [0, 0.1) is 5.92 Å². The molecular formula is C12H24N2O. The Kier molecular flexibility index (Phi) is 4.58. The summed E-state index contributed by atoms with van der Waals surface area (Å²) < 4.78 is 0. The van der Waals surface area contributed by atoms with Gasteiger partial charge in [-0.3, -0.25) is 4.79 Å². The van der Waals surface area contributed by atoms with Crippen LogP contribution in [-0.4, -0.2) is 36.0 Å². The van der Waals surface area contributed by atoms with Crippen LogP contribution in [0.5, 0.6) is 0 Å². The molecule has 1 amide bonds. The fraction of sp³-hybridized carbons (Fsp3) is 0.917. The van der Waals surface area contributed by atoms with Crippen molar-refractivity contribution in [2.75, 3.05) is 13.1 Å². The van der Waals surface area contributed by atoms with Crippen LogP contribution in [0.1, 0.15) is 40.5 Å². The minimum Gasteiger partial charge on any atom is -0.338 e. The van der Waals surface area contributed by atoms with Crippen molar-refractivity contribution in [1.82, 2.24) is 10.2 Å². The Morgan fingerprint density at radius 1 is 1.40 bits per heavy atom. The zero-order valence-electron chi connectivity index (χ0n) is 10.4. The monoisotopic (exact) mass is 212 g/mol. The average Bonchev–Trinajstić information content (AvgIpc) is 2.64. The maximum Gasteiger partial charge on any atom is 0.225 e. The van der Waals surface area contributed by atoms with E-state index in [9.17, 15) is 4.79 Å². The van der Waals surface area contributed by atoms with Crippen molar-refractivity contribution in [2.45, 2.75) is 52.6 Å². The molecule has 0 saturated carbocycles. The van der Waals surface area contributed by atoms with Crippen LogP contribution < -0.4 is 5.32 Å². The lowest BCUT2D eigenvalue weighted by atomic mass is 10.1. The molecule has 0 aliphatic carbocycles. The summed E-state index contributed by atoms with van der Waals surface area (Å²) in [5.41, 5.74) is 0. The van der Waals surface area contributed by atoms with E-state index >= 15 is 0 Å². The molecule has 0 bridgehead atoms. The van der Waals surface area contributed by atoms with Crippen LogP contribution in [0.25, 0.3) is 0 Å². The van der Waals surface area contributed by atoms with E-state index in [0.717, 1.165) is 13.1 Å². The van der Waals surface area contributed by atoms with Crippen LogP contribution in [0.3, 0.4) is 0 Å². The van der Waals surface area contributed by atoms with E-state index in [1.165, 1.54) is 12.8 Å². The summed E-state index contributed by atoms with van der Waals surface area (Å²) in [4.78, 5) is 14.0. The number of hydrogen-bond acceptors (Lipinski definition) is 2. The molecule has 0 radical (unpaired) electrons. The van der Waals surface area contributed by atoms with E-state index in [1.54, 1.807) is 0 Å². The highest BCUT2D eigenvalue weighted by Gasteiger charge is 2.24. The van der Waals surface area contributed by atoms with Gasteiger partial charge < -0.3 is 10.2 Å². The van der Waals surface area contributed by atoms with Crippen molar-refractivity contribution in [1.29, 1.82) is 0 Å². The normalized spacial score (nSPS) is 21.3. The second kappa shape index (κ2) is 5.50. The smallest absolute Gasteiger partial charge is 0.225 e. The summed E-state index contributed by atoms with van der Waals surface area (Å²) in [6.07, 6.45) is 2.45. The minimum atomic E-state index is 0.105. The number of carbonyl (C=O) groups excluding carboxylic acids is 1. The molecule has 1 rings (SSSR count). The topological polar surface area (TPSA) is 32.3 Å². The van der Waals surface area contributed by atoms with Gasteiger partial charge in [0.15, 0.2) is 0 Å². The van der Waals surface area contributed by atoms with Crippen molar-refractivity contribution < 1.29 is 4.79 Å². The quantitative estimate of drug-likeness (QED) is 0.768. The third kappa shape index (κ3) is 3.49. The number of nitrogens with one attached hydrogen (secondary N) is 1. The number of nitrogens with zero attached hydrogens (tertiary/aromatic N) is 1. The Hall–Kier alpha value is -0.570. The Morgan fingerprint density at radius 2 is 2.07 bits per heavy atom. The lowest BCUT2D eigenvalue weighted by Crippen LogP contribution is -2.46. The zero-order valence-corrected chi connectivity index (χ0v) is 10.4. The van der Waals surface area contributed by atoms with Crippen molar-refractivity contribution in [3.8, 4) is 0 Å². The predicted octanol–water partition coefficient (Wildman–Crippen LogP) is 1.63. The summed E-state index contributed by atoms with van der Waals surface area (Å²) in [7, 11) is 0. The van der Waals surface area contributed by atoms with E-state index in [4.69, 9.17) is 0 Å². The third-order valence-corrected chi connectivity index (χ3v) is 2.98. The molecule has 0 spiro atoms. The van der Waals surface area contributed by atoms with Gasteiger partial charge in [0, 0.05) is 24.5 Å². The third-order valence-electron chi connectivity index (χ3n) is 2.98. The second-order valence-corrected chi connectivity index (χ2v) is 5.03. The molecule has 1 unspecified atom stereocenters. The zero-order chi connectivity index (χ0) is 11.4. The molecule has 0 aromatic rings. The van der Waals surface area contributed by atoms with E-state index in [-0.39, 0.29) is 11.8 Å². The first kappa shape index (κ1) is 12.5. The van der Waals surface area contributed by atoms with Gasteiger partial charge in [0.05, 0.1) is 0 Å². The van der Waals surface area contributed by atoms with Gasteiger partial charge in [0.25, 0.3) is 0 Å². The first-order chi connectivity index (χ1) is 7.02. The molecule has 1 aliphatic heterocycles. The van der Waals surface area contributed by atoms with Gasteiger partial charge in [-0.1, -0.05) is 13.8 Å². The number of carbonyl (C=O) groups is 1. The maximum atomic E-state index is 12.0. The van der Waals surface area contributed by atoms with E-state index in [1.807, 2.05) is 18.7 Å². The standard InChI is InChI=1S/C12H24N2O/c1-9(2)12(15)14(10(3)4)8-11-6-5-7-13-11/h9-11,13H,5-8H2,1-4H3. The van der Waals surface area contributed by atoms with Gasteiger partial charge in [-0.2, -0.15) is 0 Å².